The van der Waals surface area contributed by atoms with Crippen LogP contribution in [-0.4, -0.2) is 18.5 Å². The van der Waals surface area contributed by atoms with Gasteiger partial charge in [-0.3, -0.25) is 4.79 Å². The van der Waals surface area contributed by atoms with Crippen molar-refractivity contribution < 1.29 is 4.79 Å². The summed E-state index contributed by atoms with van der Waals surface area (Å²) < 4.78 is 0. The van der Waals surface area contributed by atoms with Crippen molar-refractivity contribution in [3.63, 3.8) is 0 Å². The highest BCUT2D eigenvalue weighted by Gasteiger charge is 2.20. The van der Waals surface area contributed by atoms with Crippen LogP contribution in [0.4, 0.5) is 0 Å². The van der Waals surface area contributed by atoms with E-state index in [-0.39, 0.29) is 17.4 Å². The Bertz CT molecular complexity index is 202. The molecule has 0 rings (SSSR count). The zero-order valence-electron chi connectivity index (χ0n) is 11.3. The molecular formula is C13H28N2O. The van der Waals surface area contributed by atoms with Crippen LogP contribution in [0, 0.1) is 5.41 Å². The summed E-state index contributed by atoms with van der Waals surface area (Å²) in [4.78, 5) is 11.1. The minimum Gasteiger partial charge on any atom is -0.368 e. The summed E-state index contributed by atoms with van der Waals surface area (Å²) in [6.45, 7) is 9.53. The Hall–Kier alpha value is -0.570. The molecule has 3 nitrogen and oxygen atoms in total. The number of hydrogen-bond acceptors (Lipinski definition) is 2. The molecule has 0 aliphatic heterocycles. The molecule has 0 saturated carbocycles. The zero-order chi connectivity index (χ0) is 12.6. The van der Waals surface area contributed by atoms with Crippen LogP contribution in [-0.2, 0) is 4.79 Å². The van der Waals surface area contributed by atoms with Crippen molar-refractivity contribution in [2.45, 2.75) is 65.8 Å². The maximum Gasteiger partial charge on any atom is 0.234 e. The van der Waals surface area contributed by atoms with Gasteiger partial charge in [-0.25, -0.2) is 0 Å². The van der Waals surface area contributed by atoms with Gasteiger partial charge in [0.25, 0.3) is 0 Å². The normalized spacial score (nSPS) is 13.8. The first-order chi connectivity index (χ1) is 7.43. The van der Waals surface area contributed by atoms with Gasteiger partial charge in [0.15, 0.2) is 0 Å². The lowest BCUT2D eigenvalue weighted by atomic mass is 9.86. The van der Waals surface area contributed by atoms with E-state index in [0.29, 0.717) is 0 Å². The van der Waals surface area contributed by atoms with Crippen molar-refractivity contribution in [3.8, 4) is 0 Å². The molecular weight excluding hydrogens is 200 g/mol. The first-order valence-corrected chi connectivity index (χ1v) is 6.45. The number of amides is 1. The first-order valence-electron chi connectivity index (χ1n) is 6.45. The SMILES string of the molecule is CCCCCC(C)(C)CNC(CC)C(N)=O. The fraction of sp³-hybridized carbons (Fsp3) is 0.923. The van der Waals surface area contributed by atoms with E-state index in [1.165, 1.54) is 25.7 Å². The highest BCUT2D eigenvalue weighted by atomic mass is 16.1. The predicted molar refractivity (Wildman–Crippen MR) is 69.2 cm³/mol. The van der Waals surface area contributed by atoms with Gasteiger partial charge in [-0.2, -0.15) is 0 Å². The quantitative estimate of drug-likeness (QED) is 0.596. The van der Waals surface area contributed by atoms with Gasteiger partial charge in [-0.1, -0.05) is 47.0 Å². The third kappa shape index (κ3) is 6.83. The molecule has 0 aliphatic rings. The van der Waals surface area contributed by atoms with Gasteiger partial charge in [0.1, 0.15) is 0 Å². The Labute approximate surface area is 100 Å². The van der Waals surface area contributed by atoms with E-state index in [2.05, 4.69) is 26.1 Å². The van der Waals surface area contributed by atoms with Crippen LogP contribution in [0.25, 0.3) is 0 Å². The molecule has 0 aliphatic carbocycles. The molecule has 96 valence electrons. The number of hydrogen-bond donors (Lipinski definition) is 2. The van der Waals surface area contributed by atoms with E-state index < -0.39 is 0 Å². The average Bonchev–Trinajstić information content (AvgIpc) is 2.18. The fourth-order valence-electron chi connectivity index (χ4n) is 1.79. The number of carbonyl (C=O) groups excluding carboxylic acids is 1. The van der Waals surface area contributed by atoms with Gasteiger partial charge >= 0.3 is 0 Å². The Balaban J connectivity index is 3.91. The molecule has 16 heavy (non-hydrogen) atoms. The lowest BCUT2D eigenvalue weighted by Crippen LogP contribution is -2.44. The predicted octanol–water partition coefficient (Wildman–Crippen LogP) is 2.45. The second-order valence-electron chi connectivity index (χ2n) is 5.37. The van der Waals surface area contributed by atoms with Crippen LogP contribution in [0.3, 0.4) is 0 Å². The summed E-state index contributed by atoms with van der Waals surface area (Å²) in [5, 5.41) is 3.26. The smallest absolute Gasteiger partial charge is 0.234 e. The molecule has 0 fully saturated rings. The monoisotopic (exact) mass is 228 g/mol. The fourth-order valence-corrected chi connectivity index (χ4v) is 1.79. The molecule has 1 unspecified atom stereocenters. The molecule has 0 aromatic heterocycles. The van der Waals surface area contributed by atoms with E-state index in [0.717, 1.165) is 13.0 Å². The van der Waals surface area contributed by atoms with Crippen molar-refractivity contribution >= 4 is 5.91 Å². The number of unbranched alkanes of at least 4 members (excludes halogenated alkanes) is 2. The summed E-state index contributed by atoms with van der Waals surface area (Å²) in [5.74, 6) is -0.244. The van der Waals surface area contributed by atoms with Gasteiger partial charge < -0.3 is 11.1 Å². The lowest BCUT2D eigenvalue weighted by Gasteiger charge is -2.27. The minimum atomic E-state index is -0.244. The van der Waals surface area contributed by atoms with Gasteiger partial charge in [-0.05, 0) is 18.3 Å². The van der Waals surface area contributed by atoms with Crippen molar-refractivity contribution in [1.82, 2.24) is 5.32 Å². The summed E-state index contributed by atoms with van der Waals surface area (Å²) in [7, 11) is 0. The Morgan fingerprint density at radius 2 is 1.94 bits per heavy atom. The summed E-state index contributed by atoms with van der Waals surface area (Å²) in [6, 6.07) is -0.176. The van der Waals surface area contributed by atoms with Crippen molar-refractivity contribution in [2.24, 2.45) is 11.1 Å². The van der Waals surface area contributed by atoms with Crippen LogP contribution < -0.4 is 11.1 Å². The summed E-state index contributed by atoms with van der Waals surface area (Å²) in [5.41, 5.74) is 5.54. The Kier molecular flexibility index (Phi) is 7.39. The number of rotatable bonds is 9. The summed E-state index contributed by atoms with van der Waals surface area (Å²) >= 11 is 0. The largest absolute Gasteiger partial charge is 0.368 e. The number of carbonyl (C=O) groups is 1. The van der Waals surface area contributed by atoms with E-state index in [4.69, 9.17) is 5.73 Å². The second-order valence-corrected chi connectivity index (χ2v) is 5.37. The number of nitrogens with two attached hydrogens (primary N) is 1. The van der Waals surface area contributed by atoms with Gasteiger partial charge in [0.2, 0.25) is 5.91 Å². The zero-order valence-corrected chi connectivity index (χ0v) is 11.3. The molecule has 3 heteroatoms. The van der Waals surface area contributed by atoms with Crippen molar-refractivity contribution in [2.75, 3.05) is 6.54 Å². The van der Waals surface area contributed by atoms with E-state index in [1.807, 2.05) is 6.92 Å². The second kappa shape index (κ2) is 7.66. The van der Waals surface area contributed by atoms with Gasteiger partial charge in [-0.15, -0.1) is 0 Å². The first kappa shape index (κ1) is 15.4. The van der Waals surface area contributed by atoms with Crippen LogP contribution in [0.1, 0.15) is 59.8 Å². The lowest BCUT2D eigenvalue weighted by molar-refractivity contribution is -0.120. The maximum atomic E-state index is 11.1. The van der Waals surface area contributed by atoms with Crippen LogP contribution >= 0.6 is 0 Å². The minimum absolute atomic E-state index is 0.176. The third-order valence-electron chi connectivity index (χ3n) is 3.04. The topological polar surface area (TPSA) is 55.1 Å². The molecule has 0 radical (unpaired) electrons. The molecule has 1 amide bonds. The molecule has 0 aromatic carbocycles. The van der Waals surface area contributed by atoms with E-state index in [9.17, 15) is 4.79 Å². The Morgan fingerprint density at radius 1 is 1.31 bits per heavy atom. The van der Waals surface area contributed by atoms with Crippen molar-refractivity contribution in [3.05, 3.63) is 0 Å². The van der Waals surface area contributed by atoms with Gasteiger partial charge in [0, 0.05) is 6.54 Å². The number of primary amides is 1. The molecule has 0 saturated heterocycles. The van der Waals surface area contributed by atoms with Crippen LogP contribution in [0.2, 0.25) is 0 Å². The highest BCUT2D eigenvalue weighted by Crippen LogP contribution is 2.22. The van der Waals surface area contributed by atoms with Crippen LogP contribution in [0.15, 0.2) is 0 Å². The molecule has 3 N–H and O–H groups in total. The third-order valence-corrected chi connectivity index (χ3v) is 3.04. The summed E-state index contributed by atoms with van der Waals surface area (Å²) in [6.07, 6.45) is 5.76. The van der Waals surface area contributed by atoms with E-state index in [1.54, 1.807) is 0 Å². The van der Waals surface area contributed by atoms with E-state index >= 15 is 0 Å². The molecule has 1 atom stereocenters. The van der Waals surface area contributed by atoms with Crippen LogP contribution in [0.5, 0.6) is 0 Å². The molecule has 0 bridgehead atoms. The molecule has 0 aromatic rings. The standard InChI is InChI=1S/C13H28N2O/c1-5-7-8-9-13(3,4)10-15-11(6-2)12(14)16/h11,15H,5-10H2,1-4H3,(H2,14,16). The highest BCUT2D eigenvalue weighted by molar-refractivity contribution is 5.79. The number of nitrogens with one attached hydrogen (secondary N) is 1. The van der Waals surface area contributed by atoms with Gasteiger partial charge in [0.05, 0.1) is 6.04 Å². The average molecular weight is 228 g/mol. The Morgan fingerprint density at radius 3 is 2.38 bits per heavy atom. The molecule has 0 spiro atoms. The van der Waals surface area contributed by atoms with Crippen molar-refractivity contribution in [1.29, 1.82) is 0 Å². The molecule has 0 heterocycles. The maximum absolute atomic E-state index is 11.1.